The first-order valence-electron chi connectivity index (χ1n) is 8.55. The highest BCUT2D eigenvalue weighted by molar-refractivity contribution is 5.84. The van der Waals surface area contributed by atoms with Crippen molar-refractivity contribution in [2.75, 3.05) is 0 Å². The number of rotatable bonds is 5. The number of unbranched alkanes of at least 4 members (excludes halogenated alkanes) is 1. The Hall–Kier alpha value is -2.58. The van der Waals surface area contributed by atoms with Gasteiger partial charge in [-0.25, -0.2) is 13.6 Å². The Morgan fingerprint density at radius 3 is 2.77 bits per heavy atom. The highest BCUT2D eigenvalue weighted by Gasteiger charge is 2.33. The number of hydrogen-bond acceptors (Lipinski definition) is 6. The molecule has 0 atom stereocenters. The van der Waals surface area contributed by atoms with E-state index in [0.717, 1.165) is 12.8 Å². The molecule has 2 aromatic rings. The van der Waals surface area contributed by atoms with Gasteiger partial charge in [-0.05, 0) is 31.2 Å². The lowest BCUT2D eigenvalue weighted by Gasteiger charge is -2.21. The molecule has 0 amide bonds. The van der Waals surface area contributed by atoms with Crippen LogP contribution in [-0.2, 0) is 6.42 Å². The van der Waals surface area contributed by atoms with Gasteiger partial charge < -0.3 is 9.25 Å². The van der Waals surface area contributed by atoms with Crippen molar-refractivity contribution in [2.24, 2.45) is 5.16 Å². The molecule has 0 saturated heterocycles. The van der Waals surface area contributed by atoms with E-state index in [-0.39, 0.29) is 42.8 Å². The van der Waals surface area contributed by atoms with Crippen LogP contribution in [0.5, 0.6) is 6.01 Å². The van der Waals surface area contributed by atoms with Crippen molar-refractivity contribution in [3.63, 3.8) is 0 Å². The summed E-state index contributed by atoms with van der Waals surface area (Å²) in [5.41, 5.74) is -0.197. The number of oxime groups is 1. The summed E-state index contributed by atoms with van der Waals surface area (Å²) in [5.74, 6) is -2.67. The maximum atomic E-state index is 13.1. The maximum absolute atomic E-state index is 13.1. The third-order valence-electron chi connectivity index (χ3n) is 4.29. The van der Waals surface area contributed by atoms with Crippen LogP contribution in [0.25, 0.3) is 11.1 Å². The molecule has 2 aromatic heterocycles. The van der Waals surface area contributed by atoms with Crippen LogP contribution in [0.2, 0.25) is 0 Å². The molecule has 1 N–H and O–H groups in total. The molecule has 1 aliphatic rings. The van der Waals surface area contributed by atoms with Gasteiger partial charge in [0, 0.05) is 18.9 Å². The number of nitrogens with zero attached hydrogens (tertiary/aromatic N) is 2. The number of H-pyrrole nitrogens is 1. The van der Waals surface area contributed by atoms with Crippen molar-refractivity contribution >= 4 is 16.8 Å². The van der Waals surface area contributed by atoms with Crippen LogP contribution in [0.1, 0.15) is 51.0 Å². The molecule has 1 aliphatic carbocycles. The molecule has 140 valence electrons. The van der Waals surface area contributed by atoms with Crippen molar-refractivity contribution < 1.29 is 18.0 Å². The van der Waals surface area contributed by atoms with E-state index in [4.69, 9.17) is 9.25 Å². The summed E-state index contributed by atoms with van der Waals surface area (Å²) in [7, 11) is 0. The predicted octanol–water partition coefficient (Wildman–Crippen LogP) is 3.16. The SMILES string of the molecule is CCCCc1cc(=O)oc2nc(ON=C3CCC(F)(F)CC3)[nH]c(=O)c12. The Morgan fingerprint density at radius 1 is 1.35 bits per heavy atom. The molecule has 0 unspecified atom stereocenters. The summed E-state index contributed by atoms with van der Waals surface area (Å²) in [4.78, 5) is 35.5. The van der Waals surface area contributed by atoms with Gasteiger partial charge in [0.15, 0.2) is 0 Å². The number of aromatic amines is 1. The monoisotopic (exact) mass is 367 g/mol. The van der Waals surface area contributed by atoms with Crippen molar-refractivity contribution in [3.05, 3.63) is 32.4 Å². The first kappa shape index (κ1) is 18.2. The maximum Gasteiger partial charge on any atom is 0.337 e. The highest BCUT2D eigenvalue weighted by Crippen LogP contribution is 2.31. The predicted molar refractivity (Wildman–Crippen MR) is 91.0 cm³/mol. The van der Waals surface area contributed by atoms with Crippen molar-refractivity contribution in [1.29, 1.82) is 0 Å². The van der Waals surface area contributed by atoms with E-state index in [1.54, 1.807) is 0 Å². The Morgan fingerprint density at radius 2 is 2.08 bits per heavy atom. The number of aromatic nitrogens is 2. The molecular weight excluding hydrogens is 348 g/mol. The summed E-state index contributed by atoms with van der Waals surface area (Å²) >= 11 is 0. The van der Waals surface area contributed by atoms with Gasteiger partial charge in [0.25, 0.3) is 5.56 Å². The van der Waals surface area contributed by atoms with E-state index in [1.807, 2.05) is 6.92 Å². The fraction of sp³-hybridized carbons (Fsp3) is 0.529. The molecule has 0 radical (unpaired) electrons. The molecule has 0 aromatic carbocycles. The lowest BCUT2D eigenvalue weighted by atomic mass is 9.95. The number of alkyl halides is 2. The molecule has 0 bridgehead atoms. The lowest BCUT2D eigenvalue weighted by molar-refractivity contribution is -0.0185. The van der Waals surface area contributed by atoms with Gasteiger partial charge in [-0.1, -0.05) is 18.5 Å². The zero-order valence-corrected chi connectivity index (χ0v) is 14.3. The van der Waals surface area contributed by atoms with Gasteiger partial charge in [0.2, 0.25) is 11.6 Å². The van der Waals surface area contributed by atoms with Crippen molar-refractivity contribution in [1.82, 2.24) is 9.97 Å². The topological polar surface area (TPSA) is 97.5 Å². The second-order valence-corrected chi connectivity index (χ2v) is 6.35. The first-order valence-corrected chi connectivity index (χ1v) is 8.55. The standard InChI is InChI=1S/C17H19F2N3O4/c1-2-3-4-10-9-12(23)25-15-13(10)14(24)20-16(21-15)26-22-11-5-7-17(18,19)8-6-11/h9H,2-8H2,1H3,(H,20,21,24). The van der Waals surface area contributed by atoms with Crippen LogP contribution >= 0.6 is 0 Å². The summed E-state index contributed by atoms with van der Waals surface area (Å²) in [5, 5.41) is 4.00. The van der Waals surface area contributed by atoms with E-state index < -0.39 is 17.1 Å². The molecule has 0 spiro atoms. The molecule has 7 nitrogen and oxygen atoms in total. The first-order chi connectivity index (χ1) is 12.4. The summed E-state index contributed by atoms with van der Waals surface area (Å²) in [6.45, 7) is 2.00. The van der Waals surface area contributed by atoms with E-state index in [2.05, 4.69) is 15.1 Å². The molecule has 26 heavy (non-hydrogen) atoms. The summed E-state index contributed by atoms with van der Waals surface area (Å²) < 4.78 is 31.3. The third-order valence-corrected chi connectivity index (χ3v) is 4.29. The van der Waals surface area contributed by atoms with Crippen molar-refractivity contribution in [3.8, 4) is 6.01 Å². The van der Waals surface area contributed by atoms with E-state index in [9.17, 15) is 18.4 Å². The molecular formula is C17H19F2N3O4. The van der Waals surface area contributed by atoms with E-state index in [0.29, 0.717) is 17.7 Å². The normalized spacial score (nSPS) is 16.7. The quantitative estimate of drug-likeness (QED) is 0.819. The molecule has 1 saturated carbocycles. The summed E-state index contributed by atoms with van der Waals surface area (Å²) in [6, 6.07) is 1.04. The second-order valence-electron chi connectivity index (χ2n) is 6.35. The minimum atomic E-state index is -2.67. The Kier molecular flexibility index (Phi) is 5.15. The van der Waals surface area contributed by atoms with Crippen LogP contribution in [0.15, 0.2) is 25.2 Å². The summed E-state index contributed by atoms with van der Waals surface area (Å²) in [6.07, 6.45) is 1.93. The van der Waals surface area contributed by atoms with Gasteiger partial charge in [0.05, 0.1) is 5.71 Å². The van der Waals surface area contributed by atoms with Crippen molar-refractivity contribution in [2.45, 2.75) is 57.8 Å². The van der Waals surface area contributed by atoms with E-state index >= 15 is 0 Å². The smallest absolute Gasteiger partial charge is 0.337 e. The second kappa shape index (κ2) is 7.35. The minimum Gasteiger partial charge on any atom is -0.403 e. The van der Waals surface area contributed by atoms with Crippen LogP contribution < -0.4 is 16.0 Å². The molecule has 0 aliphatic heterocycles. The lowest BCUT2D eigenvalue weighted by Crippen LogP contribution is -2.25. The molecule has 2 heterocycles. The Bertz CT molecular complexity index is 937. The number of hydrogen-bond donors (Lipinski definition) is 1. The zero-order valence-electron chi connectivity index (χ0n) is 14.3. The highest BCUT2D eigenvalue weighted by atomic mass is 19.3. The van der Waals surface area contributed by atoms with E-state index in [1.165, 1.54) is 6.07 Å². The molecule has 1 fully saturated rings. The Balaban J connectivity index is 1.87. The molecule has 3 rings (SSSR count). The van der Waals surface area contributed by atoms with Crippen LogP contribution in [0.4, 0.5) is 8.78 Å². The Labute approximate surface area is 147 Å². The van der Waals surface area contributed by atoms with Gasteiger partial charge in [-0.15, -0.1) is 0 Å². The number of halogens is 2. The average molecular weight is 367 g/mol. The van der Waals surface area contributed by atoms with Gasteiger partial charge in [-0.2, -0.15) is 4.98 Å². The van der Waals surface area contributed by atoms with Gasteiger partial charge in [-0.3, -0.25) is 9.78 Å². The number of nitrogens with one attached hydrogen (secondary N) is 1. The fourth-order valence-electron chi connectivity index (χ4n) is 2.84. The van der Waals surface area contributed by atoms with Gasteiger partial charge >= 0.3 is 11.6 Å². The molecule has 9 heteroatoms. The van der Waals surface area contributed by atoms with Gasteiger partial charge in [0.1, 0.15) is 5.39 Å². The zero-order chi connectivity index (χ0) is 18.7. The van der Waals surface area contributed by atoms with Crippen LogP contribution in [0, 0.1) is 0 Å². The number of fused-ring (bicyclic) bond motifs is 1. The average Bonchev–Trinajstić information content (AvgIpc) is 2.58. The van der Waals surface area contributed by atoms with Crippen LogP contribution in [0.3, 0.4) is 0 Å². The third kappa shape index (κ3) is 4.14. The van der Waals surface area contributed by atoms with Crippen LogP contribution in [-0.4, -0.2) is 21.6 Å². The minimum absolute atomic E-state index is 0.112. The largest absolute Gasteiger partial charge is 0.403 e. The number of aryl methyl sites for hydroxylation is 1. The fourth-order valence-corrected chi connectivity index (χ4v) is 2.84.